The Kier molecular flexibility index (Phi) is 4.14. The van der Waals surface area contributed by atoms with Crippen LogP contribution in [0.5, 0.6) is 0 Å². The number of hydrogen-bond acceptors (Lipinski definition) is 4. The lowest BCUT2D eigenvalue weighted by Crippen LogP contribution is -2.19. The van der Waals surface area contributed by atoms with E-state index in [1.165, 1.54) is 11.3 Å². The van der Waals surface area contributed by atoms with Crippen LogP contribution in [0, 0.1) is 6.92 Å². The van der Waals surface area contributed by atoms with E-state index in [9.17, 15) is 0 Å². The van der Waals surface area contributed by atoms with Gasteiger partial charge in [0, 0.05) is 36.7 Å². The first-order valence-electron chi connectivity index (χ1n) is 6.24. The maximum atomic E-state index is 4.54. The Labute approximate surface area is 112 Å². The standard InChI is InChI=1S/C13H20N4S/c1-5-12-11(7-17(4)16-12)13(14-3)6-10-8-18-9(2)15-10/h7-8,13-14H,5-6H2,1-4H3. The lowest BCUT2D eigenvalue weighted by molar-refractivity contribution is 0.580. The van der Waals surface area contributed by atoms with E-state index in [1.54, 1.807) is 11.3 Å². The number of aryl methyl sites for hydroxylation is 3. The van der Waals surface area contributed by atoms with Crippen LogP contribution in [0.1, 0.15) is 34.9 Å². The summed E-state index contributed by atoms with van der Waals surface area (Å²) in [5, 5.41) is 11.1. The van der Waals surface area contributed by atoms with Gasteiger partial charge >= 0.3 is 0 Å². The molecule has 1 atom stereocenters. The smallest absolute Gasteiger partial charge is 0.0897 e. The highest BCUT2D eigenvalue weighted by atomic mass is 32.1. The van der Waals surface area contributed by atoms with Crippen molar-refractivity contribution < 1.29 is 0 Å². The highest BCUT2D eigenvalue weighted by molar-refractivity contribution is 7.09. The Morgan fingerprint density at radius 2 is 2.28 bits per heavy atom. The molecule has 0 saturated heterocycles. The zero-order valence-corrected chi connectivity index (χ0v) is 12.2. The number of thiazole rings is 1. The van der Waals surface area contributed by atoms with Crippen molar-refractivity contribution >= 4 is 11.3 Å². The summed E-state index contributed by atoms with van der Waals surface area (Å²) in [6.07, 6.45) is 3.99. The zero-order valence-electron chi connectivity index (χ0n) is 11.4. The lowest BCUT2D eigenvalue weighted by Gasteiger charge is -2.14. The molecule has 0 aliphatic rings. The maximum absolute atomic E-state index is 4.54. The van der Waals surface area contributed by atoms with Crippen LogP contribution >= 0.6 is 11.3 Å². The lowest BCUT2D eigenvalue weighted by atomic mass is 10.0. The summed E-state index contributed by atoms with van der Waals surface area (Å²) in [5.74, 6) is 0. The third-order valence-electron chi connectivity index (χ3n) is 3.08. The topological polar surface area (TPSA) is 42.7 Å². The molecule has 2 heterocycles. The minimum Gasteiger partial charge on any atom is -0.313 e. The Morgan fingerprint density at radius 1 is 1.50 bits per heavy atom. The van der Waals surface area contributed by atoms with Crippen molar-refractivity contribution in [2.75, 3.05) is 7.05 Å². The van der Waals surface area contributed by atoms with E-state index in [2.05, 4.69) is 33.9 Å². The predicted molar refractivity (Wildman–Crippen MR) is 74.9 cm³/mol. The van der Waals surface area contributed by atoms with Crippen molar-refractivity contribution in [3.63, 3.8) is 0 Å². The van der Waals surface area contributed by atoms with Crippen LogP contribution in [0.4, 0.5) is 0 Å². The van der Waals surface area contributed by atoms with Crippen molar-refractivity contribution in [1.29, 1.82) is 0 Å². The van der Waals surface area contributed by atoms with Crippen LogP contribution in [-0.2, 0) is 19.9 Å². The van der Waals surface area contributed by atoms with Crippen molar-refractivity contribution in [2.45, 2.75) is 32.7 Å². The molecule has 0 bridgehead atoms. The zero-order chi connectivity index (χ0) is 13.1. The SMILES string of the molecule is CCc1nn(C)cc1C(Cc1csc(C)n1)NC. The van der Waals surface area contributed by atoms with Crippen molar-refractivity contribution in [3.8, 4) is 0 Å². The molecule has 1 N–H and O–H groups in total. The van der Waals surface area contributed by atoms with Crippen LogP contribution in [0.25, 0.3) is 0 Å². The number of hydrogen-bond donors (Lipinski definition) is 1. The Hall–Kier alpha value is -1.20. The molecular weight excluding hydrogens is 244 g/mol. The molecule has 2 aromatic heterocycles. The van der Waals surface area contributed by atoms with Gasteiger partial charge in [-0.15, -0.1) is 11.3 Å². The van der Waals surface area contributed by atoms with Gasteiger partial charge in [-0.3, -0.25) is 4.68 Å². The summed E-state index contributed by atoms with van der Waals surface area (Å²) in [5.41, 5.74) is 3.61. The summed E-state index contributed by atoms with van der Waals surface area (Å²) in [7, 11) is 3.97. The number of nitrogens with zero attached hydrogens (tertiary/aromatic N) is 3. The summed E-state index contributed by atoms with van der Waals surface area (Å²) < 4.78 is 1.89. The normalized spacial score (nSPS) is 12.9. The van der Waals surface area contributed by atoms with Gasteiger partial charge in [-0.25, -0.2) is 4.98 Å². The molecule has 0 aliphatic heterocycles. The van der Waals surface area contributed by atoms with Gasteiger partial charge in [0.2, 0.25) is 0 Å². The molecule has 0 radical (unpaired) electrons. The van der Waals surface area contributed by atoms with E-state index in [0.717, 1.165) is 23.5 Å². The molecule has 0 amide bonds. The molecule has 4 nitrogen and oxygen atoms in total. The van der Waals surface area contributed by atoms with E-state index in [-0.39, 0.29) is 6.04 Å². The minimum absolute atomic E-state index is 0.287. The second-order valence-electron chi connectivity index (χ2n) is 4.46. The van der Waals surface area contributed by atoms with E-state index < -0.39 is 0 Å². The van der Waals surface area contributed by atoms with Crippen molar-refractivity contribution in [3.05, 3.63) is 33.5 Å². The second-order valence-corrected chi connectivity index (χ2v) is 5.52. The third-order valence-corrected chi connectivity index (χ3v) is 3.90. The van der Waals surface area contributed by atoms with Gasteiger partial charge in [0.15, 0.2) is 0 Å². The van der Waals surface area contributed by atoms with Gasteiger partial charge in [0.05, 0.1) is 16.4 Å². The van der Waals surface area contributed by atoms with Gasteiger partial charge in [-0.1, -0.05) is 6.92 Å². The van der Waals surface area contributed by atoms with Crippen LogP contribution in [0.3, 0.4) is 0 Å². The first kappa shape index (κ1) is 13.2. The molecule has 0 spiro atoms. The summed E-state index contributed by atoms with van der Waals surface area (Å²) in [6, 6.07) is 0.287. The van der Waals surface area contributed by atoms with Crippen LogP contribution in [-0.4, -0.2) is 21.8 Å². The molecular formula is C13H20N4S. The molecule has 18 heavy (non-hydrogen) atoms. The summed E-state index contributed by atoms with van der Waals surface area (Å²) in [4.78, 5) is 4.54. The average Bonchev–Trinajstić information content (AvgIpc) is 2.92. The van der Waals surface area contributed by atoms with Gasteiger partial charge in [-0.05, 0) is 20.4 Å². The molecule has 2 aromatic rings. The number of nitrogens with one attached hydrogen (secondary N) is 1. The van der Waals surface area contributed by atoms with Crippen LogP contribution in [0.2, 0.25) is 0 Å². The second kappa shape index (κ2) is 5.63. The molecule has 0 saturated carbocycles. The Morgan fingerprint density at radius 3 is 2.83 bits per heavy atom. The average molecular weight is 264 g/mol. The van der Waals surface area contributed by atoms with Gasteiger partial charge in [0.1, 0.15) is 0 Å². The molecule has 0 aromatic carbocycles. The van der Waals surface area contributed by atoms with Crippen molar-refractivity contribution in [2.24, 2.45) is 7.05 Å². The highest BCUT2D eigenvalue weighted by Crippen LogP contribution is 2.22. The van der Waals surface area contributed by atoms with Crippen molar-refractivity contribution in [1.82, 2.24) is 20.1 Å². The molecule has 0 aliphatic carbocycles. The van der Waals surface area contributed by atoms with E-state index in [4.69, 9.17) is 0 Å². The first-order chi connectivity index (χ1) is 8.63. The number of likely N-dealkylation sites (N-methyl/N-ethyl adjacent to an activating group) is 1. The maximum Gasteiger partial charge on any atom is 0.0897 e. The molecule has 2 rings (SSSR count). The summed E-state index contributed by atoms with van der Waals surface area (Å²) in [6.45, 7) is 4.19. The third kappa shape index (κ3) is 2.79. The Bertz CT molecular complexity index is 515. The largest absolute Gasteiger partial charge is 0.313 e. The summed E-state index contributed by atoms with van der Waals surface area (Å²) >= 11 is 1.71. The monoisotopic (exact) mass is 264 g/mol. The fourth-order valence-electron chi connectivity index (χ4n) is 2.20. The molecule has 1 unspecified atom stereocenters. The number of aromatic nitrogens is 3. The molecule has 5 heteroatoms. The highest BCUT2D eigenvalue weighted by Gasteiger charge is 2.17. The quantitative estimate of drug-likeness (QED) is 0.900. The fraction of sp³-hybridized carbons (Fsp3) is 0.538. The molecule has 0 fully saturated rings. The van der Waals surface area contributed by atoms with Gasteiger partial charge in [-0.2, -0.15) is 5.10 Å². The first-order valence-corrected chi connectivity index (χ1v) is 7.12. The van der Waals surface area contributed by atoms with Gasteiger partial charge < -0.3 is 5.32 Å². The van der Waals surface area contributed by atoms with E-state index >= 15 is 0 Å². The minimum atomic E-state index is 0.287. The van der Waals surface area contributed by atoms with Gasteiger partial charge in [0.25, 0.3) is 0 Å². The number of rotatable bonds is 5. The van der Waals surface area contributed by atoms with Crippen LogP contribution in [0.15, 0.2) is 11.6 Å². The van der Waals surface area contributed by atoms with Crippen LogP contribution < -0.4 is 5.32 Å². The predicted octanol–water partition coefficient (Wildman–Crippen LogP) is 2.25. The van der Waals surface area contributed by atoms with E-state index in [0.29, 0.717) is 0 Å². The van der Waals surface area contributed by atoms with E-state index in [1.807, 2.05) is 25.7 Å². The Balaban J connectivity index is 2.22. The fourth-order valence-corrected chi connectivity index (χ4v) is 2.82. The molecule has 98 valence electrons.